The molecule has 1 aromatic heterocycles. The Kier molecular flexibility index (Phi) is 5.30. The molecule has 1 atom stereocenters. The van der Waals surface area contributed by atoms with Gasteiger partial charge in [-0.05, 0) is 12.5 Å². The van der Waals surface area contributed by atoms with Crippen molar-refractivity contribution in [2.24, 2.45) is 5.41 Å². The Balaban J connectivity index is 2.60. The normalized spacial score (nSPS) is 14.2. The number of rotatable bonds is 6. The van der Waals surface area contributed by atoms with Crippen molar-refractivity contribution < 1.29 is 9.90 Å². The van der Waals surface area contributed by atoms with Crippen molar-refractivity contribution in [1.82, 2.24) is 14.5 Å². The number of nitrogens with zero attached hydrogens (tertiary/aromatic N) is 3. The highest BCUT2D eigenvalue weighted by Crippen LogP contribution is 2.15. The van der Waals surface area contributed by atoms with E-state index in [0.29, 0.717) is 6.54 Å². The fraction of sp³-hybridized carbons (Fsp3) is 0.571. The summed E-state index contributed by atoms with van der Waals surface area (Å²) in [7, 11) is 1.82. The maximum Gasteiger partial charge on any atom is 0.324 e. The maximum absolute atomic E-state index is 11.3. The van der Waals surface area contributed by atoms with Crippen LogP contribution in [0.25, 0.3) is 0 Å². The van der Waals surface area contributed by atoms with E-state index in [1.165, 1.54) is 0 Å². The summed E-state index contributed by atoms with van der Waals surface area (Å²) in [6, 6.07) is -0.595. The number of hydrogen-bond donors (Lipinski definition) is 1. The number of imidazole rings is 1. The molecule has 0 bridgehead atoms. The molecule has 0 amide bonds. The SMILES string of the molecule is CN(CCn1ccnc1)C(/C=C/C(C)(C)C)C(=O)O. The van der Waals surface area contributed by atoms with Gasteiger partial charge < -0.3 is 9.67 Å². The minimum absolute atomic E-state index is 0.0150. The van der Waals surface area contributed by atoms with Gasteiger partial charge in [0.05, 0.1) is 6.33 Å². The lowest BCUT2D eigenvalue weighted by atomic mass is 9.95. The first-order chi connectivity index (χ1) is 8.79. The van der Waals surface area contributed by atoms with Gasteiger partial charge >= 0.3 is 5.97 Å². The molecule has 0 saturated carbocycles. The maximum atomic E-state index is 11.3. The van der Waals surface area contributed by atoms with Gasteiger partial charge in [-0.3, -0.25) is 9.69 Å². The second kappa shape index (κ2) is 6.52. The zero-order valence-electron chi connectivity index (χ0n) is 12.1. The van der Waals surface area contributed by atoms with Gasteiger partial charge in [0.2, 0.25) is 0 Å². The summed E-state index contributed by atoms with van der Waals surface area (Å²) < 4.78 is 1.93. The predicted octanol–water partition coefficient (Wildman–Crippen LogP) is 1.87. The van der Waals surface area contributed by atoms with Crippen LogP contribution in [0.1, 0.15) is 20.8 Å². The van der Waals surface area contributed by atoms with E-state index in [1.54, 1.807) is 18.6 Å². The fourth-order valence-corrected chi connectivity index (χ4v) is 1.63. The van der Waals surface area contributed by atoms with E-state index < -0.39 is 12.0 Å². The molecule has 0 saturated heterocycles. The van der Waals surface area contributed by atoms with E-state index in [-0.39, 0.29) is 5.41 Å². The second-order valence-electron chi connectivity index (χ2n) is 5.79. The first-order valence-corrected chi connectivity index (χ1v) is 6.38. The first kappa shape index (κ1) is 15.4. The summed E-state index contributed by atoms with van der Waals surface area (Å²) in [4.78, 5) is 17.1. The van der Waals surface area contributed by atoms with Crippen LogP contribution in [0.2, 0.25) is 0 Å². The van der Waals surface area contributed by atoms with Crippen molar-refractivity contribution in [1.29, 1.82) is 0 Å². The Morgan fingerprint density at radius 2 is 2.21 bits per heavy atom. The monoisotopic (exact) mass is 265 g/mol. The zero-order chi connectivity index (χ0) is 14.5. The van der Waals surface area contributed by atoms with Crippen molar-refractivity contribution in [2.45, 2.75) is 33.4 Å². The summed E-state index contributed by atoms with van der Waals surface area (Å²) in [5, 5.41) is 9.29. The lowest BCUT2D eigenvalue weighted by Gasteiger charge is -2.23. The standard InChI is InChI=1S/C14H23N3O2/c1-14(2,3)6-5-12(13(18)19)16(4)9-10-17-8-7-15-11-17/h5-8,11-12H,9-10H2,1-4H3,(H,18,19)/b6-5+. The lowest BCUT2D eigenvalue weighted by Crippen LogP contribution is -2.38. The number of carboxylic acid groups (broad SMARTS) is 1. The number of carboxylic acids is 1. The van der Waals surface area contributed by atoms with Crippen molar-refractivity contribution >= 4 is 5.97 Å². The average molecular weight is 265 g/mol. The molecule has 0 spiro atoms. The Hall–Kier alpha value is -1.62. The van der Waals surface area contributed by atoms with Gasteiger partial charge in [0.1, 0.15) is 6.04 Å². The summed E-state index contributed by atoms with van der Waals surface area (Å²) in [6.07, 6.45) is 9.02. The van der Waals surface area contributed by atoms with Gasteiger partial charge in [-0.1, -0.05) is 32.9 Å². The van der Waals surface area contributed by atoms with Gasteiger partial charge in [0.25, 0.3) is 0 Å². The molecule has 5 heteroatoms. The van der Waals surface area contributed by atoms with Crippen molar-refractivity contribution in [3.63, 3.8) is 0 Å². The topological polar surface area (TPSA) is 58.4 Å². The summed E-state index contributed by atoms with van der Waals surface area (Å²) in [5.41, 5.74) is -0.0150. The van der Waals surface area contributed by atoms with E-state index in [0.717, 1.165) is 6.54 Å². The highest BCUT2D eigenvalue weighted by molar-refractivity contribution is 5.75. The quantitative estimate of drug-likeness (QED) is 0.798. The van der Waals surface area contributed by atoms with Gasteiger partial charge in [-0.15, -0.1) is 0 Å². The van der Waals surface area contributed by atoms with Gasteiger partial charge in [0, 0.05) is 25.5 Å². The smallest absolute Gasteiger partial charge is 0.324 e. The highest BCUT2D eigenvalue weighted by atomic mass is 16.4. The summed E-state index contributed by atoms with van der Waals surface area (Å²) in [5.74, 6) is -0.825. The van der Waals surface area contributed by atoms with E-state index in [4.69, 9.17) is 0 Å². The Bertz CT molecular complexity index is 418. The van der Waals surface area contributed by atoms with Crippen LogP contribution in [0.3, 0.4) is 0 Å². The van der Waals surface area contributed by atoms with Crippen LogP contribution in [-0.2, 0) is 11.3 Å². The van der Waals surface area contributed by atoms with E-state index in [9.17, 15) is 9.90 Å². The third-order valence-corrected chi connectivity index (χ3v) is 2.78. The fourth-order valence-electron chi connectivity index (χ4n) is 1.63. The van der Waals surface area contributed by atoms with Crippen LogP contribution in [0.4, 0.5) is 0 Å². The van der Waals surface area contributed by atoms with Crippen LogP contribution in [0.5, 0.6) is 0 Å². The van der Waals surface area contributed by atoms with Gasteiger partial charge in [0.15, 0.2) is 0 Å². The predicted molar refractivity (Wildman–Crippen MR) is 74.9 cm³/mol. The highest BCUT2D eigenvalue weighted by Gasteiger charge is 2.20. The minimum atomic E-state index is -0.825. The molecule has 106 valence electrons. The number of allylic oxidation sites excluding steroid dienone is 1. The lowest BCUT2D eigenvalue weighted by molar-refractivity contribution is -0.140. The number of aromatic nitrogens is 2. The van der Waals surface area contributed by atoms with E-state index >= 15 is 0 Å². The largest absolute Gasteiger partial charge is 0.480 e. The summed E-state index contributed by atoms with van der Waals surface area (Å²) >= 11 is 0. The van der Waals surface area contributed by atoms with Crippen LogP contribution >= 0.6 is 0 Å². The van der Waals surface area contributed by atoms with Crippen molar-refractivity contribution in [3.05, 3.63) is 30.9 Å². The second-order valence-corrected chi connectivity index (χ2v) is 5.79. The molecule has 0 aliphatic heterocycles. The molecule has 1 heterocycles. The molecular formula is C14H23N3O2. The van der Waals surface area contributed by atoms with Crippen LogP contribution in [0.15, 0.2) is 30.9 Å². The van der Waals surface area contributed by atoms with Gasteiger partial charge in [-0.25, -0.2) is 4.98 Å². The third-order valence-electron chi connectivity index (χ3n) is 2.78. The van der Waals surface area contributed by atoms with Crippen molar-refractivity contribution in [3.8, 4) is 0 Å². The average Bonchev–Trinajstić information content (AvgIpc) is 2.77. The van der Waals surface area contributed by atoms with Crippen LogP contribution in [-0.4, -0.2) is 45.2 Å². The molecule has 1 aromatic rings. The first-order valence-electron chi connectivity index (χ1n) is 6.38. The number of likely N-dealkylation sites (N-methyl/N-ethyl adjacent to an activating group) is 1. The molecule has 1 rings (SSSR count). The molecule has 0 fully saturated rings. The Morgan fingerprint density at radius 3 is 2.68 bits per heavy atom. The molecule has 5 nitrogen and oxygen atoms in total. The number of carbonyl (C=O) groups is 1. The summed E-state index contributed by atoms with van der Waals surface area (Å²) in [6.45, 7) is 7.53. The van der Waals surface area contributed by atoms with Gasteiger partial charge in [-0.2, -0.15) is 0 Å². The zero-order valence-corrected chi connectivity index (χ0v) is 12.1. The molecule has 1 unspecified atom stereocenters. The minimum Gasteiger partial charge on any atom is -0.480 e. The Morgan fingerprint density at radius 1 is 1.53 bits per heavy atom. The van der Waals surface area contributed by atoms with Crippen molar-refractivity contribution in [2.75, 3.05) is 13.6 Å². The Labute approximate surface area is 114 Å². The third kappa shape index (κ3) is 5.70. The number of hydrogen-bond acceptors (Lipinski definition) is 3. The van der Waals surface area contributed by atoms with E-state index in [2.05, 4.69) is 4.98 Å². The van der Waals surface area contributed by atoms with E-state index in [1.807, 2.05) is 49.6 Å². The molecule has 19 heavy (non-hydrogen) atoms. The van der Waals surface area contributed by atoms with Crippen LogP contribution < -0.4 is 0 Å². The number of aliphatic carboxylic acids is 1. The molecule has 0 aromatic carbocycles. The molecular weight excluding hydrogens is 242 g/mol. The molecule has 0 aliphatic carbocycles. The molecule has 1 N–H and O–H groups in total. The molecule has 0 aliphatic rings. The molecule has 0 radical (unpaired) electrons. The van der Waals surface area contributed by atoms with Crippen LogP contribution in [0, 0.1) is 5.41 Å².